The molecule has 2 aromatic rings. The molecule has 3 rings (SSSR count). The molecule has 1 aliphatic heterocycles. The van der Waals surface area contributed by atoms with Gasteiger partial charge in [-0.3, -0.25) is 4.79 Å². The van der Waals surface area contributed by atoms with Crippen LogP contribution in [0.4, 0.5) is 5.95 Å². The largest absolute Gasteiger partial charge is 0.357 e. The van der Waals surface area contributed by atoms with Crippen LogP contribution in [-0.4, -0.2) is 66.0 Å². The van der Waals surface area contributed by atoms with E-state index >= 15 is 0 Å². The van der Waals surface area contributed by atoms with Crippen molar-refractivity contribution < 1.29 is 4.79 Å². The summed E-state index contributed by atoms with van der Waals surface area (Å²) in [5, 5.41) is 8.52. The Hall–Kier alpha value is -2.68. The van der Waals surface area contributed by atoms with Gasteiger partial charge in [0.2, 0.25) is 11.9 Å². The van der Waals surface area contributed by atoms with Crippen LogP contribution in [0.3, 0.4) is 0 Å². The molecule has 0 aliphatic carbocycles. The monoisotopic (exact) mass is 401 g/mol. The molecule has 8 nitrogen and oxygen atoms in total. The summed E-state index contributed by atoms with van der Waals surface area (Å²) >= 11 is 1.69. The standard InChI is InChI=1S/C19H27N7OS/c1-2-20-18(24-15-16-5-3-14-28-16)21-9-6-17(27)25-10-12-26(13-11-25)19-22-7-4-8-23-19/h3-5,7-8,14H,2,6,9-13,15H2,1H3,(H2,20,21,24). The Labute approximate surface area is 169 Å². The summed E-state index contributed by atoms with van der Waals surface area (Å²) in [6, 6.07) is 5.90. The predicted molar refractivity (Wildman–Crippen MR) is 113 cm³/mol. The second kappa shape index (κ2) is 10.6. The normalized spacial score (nSPS) is 14.8. The number of nitrogens with one attached hydrogen (secondary N) is 2. The van der Waals surface area contributed by atoms with Crippen molar-refractivity contribution in [1.82, 2.24) is 25.5 Å². The van der Waals surface area contributed by atoms with Gasteiger partial charge in [0.25, 0.3) is 0 Å². The van der Waals surface area contributed by atoms with E-state index in [0.29, 0.717) is 32.6 Å². The van der Waals surface area contributed by atoms with Crippen LogP contribution in [0, 0.1) is 0 Å². The highest BCUT2D eigenvalue weighted by atomic mass is 32.1. The maximum absolute atomic E-state index is 12.5. The van der Waals surface area contributed by atoms with Crippen molar-refractivity contribution in [1.29, 1.82) is 0 Å². The summed E-state index contributed by atoms with van der Waals surface area (Å²) in [4.78, 5) is 30.9. The number of nitrogens with zero attached hydrogens (tertiary/aromatic N) is 5. The highest BCUT2D eigenvalue weighted by Gasteiger charge is 2.22. The number of guanidine groups is 1. The zero-order valence-corrected chi connectivity index (χ0v) is 17.0. The van der Waals surface area contributed by atoms with Gasteiger partial charge in [-0.2, -0.15) is 0 Å². The van der Waals surface area contributed by atoms with Crippen LogP contribution in [-0.2, 0) is 11.3 Å². The molecule has 0 aromatic carbocycles. The molecule has 1 fully saturated rings. The van der Waals surface area contributed by atoms with Gasteiger partial charge in [0, 0.05) is 63.0 Å². The van der Waals surface area contributed by atoms with Crippen molar-refractivity contribution >= 4 is 29.2 Å². The van der Waals surface area contributed by atoms with E-state index in [1.165, 1.54) is 4.88 Å². The van der Waals surface area contributed by atoms with Gasteiger partial charge in [0.1, 0.15) is 0 Å². The number of anilines is 1. The van der Waals surface area contributed by atoms with Gasteiger partial charge >= 0.3 is 0 Å². The first-order valence-corrected chi connectivity index (χ1v) is 10.5. The third-order valence-corrected chi connectivity index (χ3v) is 5.28. The van der Waals surface area contributed by atoms with Crippen LogP contribution in [0.15, 0.2) is 41.0 Å². The molecule has 1 aliphatic rings. The Bertz CT molecular complexity index is 743. The lowest BCUT2D eigenvalue weighted by Crippen LogP contribution is -2.50. The Morgan fingerprint density at radius 1 is 1.18 bits per heavy atom. The smallest absolute Gasteiger partial charge is 0.225 e. The number of aliphatic imine (C=N–C) groups is 1. The van der Waals surface area contributed by atoms with Gasteiger partial charge in [-0.05, 0) is 24.4 Å². The van der Waals surface area contributed by atoms with E-state index in [-0.39, 0.29) is 5.91 Å². The first kappa shape index (κ1) is 20.1. The summed E-state index contributed by atoms with van der Waals surface area (Å²) in [5.41, 5.74) is 0. The van der Waals surface area contributed by atoms with Crippen molar-refractivity contribution in [3.05, 3.63) is 40.8 Å². The molecule has 0 saturated carbocycles. The number of hydrogen-bond donors (Lipinski definition) is 2. The third kappa shape index (κ3) is 5.91. The lowest BCUT2D eigenvalue weighted by Gasteiger charge is -2.34. The zero-order valence-electron chi connectivity index (χ0n) is 16.2. The number of piperazine rings is 1. The molecule has 0 bridgehead atoms. The van der Waals surface area contributed by atoms with E-state index in [0.717, 1.165) is 31.5 Å². The van der Waals surface area contributed by atoms with Gasteiger partial charge in [-0.15, -0.1) is 11.3 Å². The average Bonchev–Trinajstić information content (AvgIpc) is 3.26. The van der Waals surface area contributed by atoms with Crippen LogP contribution in [0.1, 0.15) is 18.2 Å². The van der Waals surface area contributed by atoms with E-state index in [1.54, 1.807) is 23.7 Å². The van der Waals surface area contributed by atoms with Gasteiger partial charge in [-0.1, -0.05) is 6.07 Å². The van der Waals surface area contributed by atoms with Crippen LogP contribution < -0.4 is 15.5 Å². The minimum atomic E-state index is 0.162. The maximum atomic E-state index is 12.5. The highest BCUT2D eigenvalue weighted by molar-refractivity contribution is 7.09. The molecule has 1 amide bonds. The second-order valence-corrected chi connectivity index (χ2v) is 7.40. The molecular weight excluding hydrogens is 374 g/mol. The number of rotatable bonds is 7. The van der Waals surface area contributed by atoms with E-state index in [4.69, 9.17) is 0 Å². The Kier molecular flexibility index (Phi) is 7.60. The first-order chi connectivity index (χ1) is 13.8. The van der Waals surface area contributed by atoms with E-state index in [2.05, 4.69) is 36.6 Å². The van der Waals surface area contributed by atoms with Crippen molar-refractivity contribution in [2.75, 3.05) is 44.2 Å². The van der Waals surface area contributed by atoms with Gasteiger partial charge in [0.15, 0.2) is 5.96 Å². The number of hydrogen-bond acceptors (Lipinski definition) is 6. The van der Waals surface area contributed by atoms with Gasteiger partial charge in [-0.25, -0.2) is 15.0 Å². The second-order valence-electron chi connectivity index (χ2n) is 6.37. The van der Waals surface area contributed by atoms with Crippen molar-refractivity contribution in [2.45, 2.75) is 19.9 Å². The third-order valence-electron chi connectivity index (χ3n) is 4.42. The highest BCUT2D eigenvalue weighted by Crippen LogP contribution is 2.11. The minimum Gasteiger partial charge on any atom is -0.357 e. The summed E-state index contributed by atoms with van der Waals surface area (Å²) < 4.78 is 0. The Balaban J connectivity index is 1.40. The number of aromatic nitrogens is 2. The lowest BCUT2D eigenvalue weighted by atomic mass is 10.3. The van der Waals surface area contributed by atoms with Crippen molar-refractivity contribution in [3.8, 4) is 0 Å². The molecule has 0 unspecified atom stereocenters. The summed E-state index contributed by atoms with van der Waals surface area (Å²) in [6.45, 7) is 6.94. The quantitative estimate of drug-likeness (QED) is 0.538. The van der Waals surface area contributed by atoms with Gasteiger partial charge in [0.05, 0.1) is 6.54 Å². The lowest BCUT2D eigenvalue weighted by molar-refractivity contribution is -0.131. The molecule has 2 N–H and O–H groups in total. The van der Waals surface area contributed by atoms with Crippen LogP contribution >= 0.6 is 11.3 Å². The summed E-state index contributed by atoms with van der Waals surface area (Å²) in [7, 11) is 0. The van der Waals surface area contributed by atoms with Crippen LogP contribution in [0.2, 0.25) is 0 Å². The fourth-order valence-corrected chi connectivity index (χ4v) is 3.59. The van der Waals surface area contributed by atoms with E-state index in [9.17, 15) is 4.79 Å². The summed E-state index contributed by atoms with van der Waals surface area (Å²) in [5.74, 6) is 1.64. The fourth-order valence-electron chi connectivity index (χ4n) is 2.96. The molecule has 0 radical (unpaired) electrons. The Morgan fingerprint density at radius 2 is 1.96 bits per heavy atom. The molecular formula is C19H27N7OS. The molecule has 0 atom stereocenters. The first-order valence-electron chi connectivity index (χ1n) is 9.60. The van der Waals surface area contributed by atoms with Crippen LogP contribution in [0.25, 0.3) is 0 Å². The number of thiophene rings is 1. The SMILES string of the molecule is CCNC(=NCc1cccs1)NCCC(=O)N1CCN(c2ncccn2)CC1. The fraction of sp³-hybridized carbons (Fsp3) is 0.474. The van der Waals surface area contributed by atoms with Crippen molar-refractivity contribution in [3.63, 3.8) is 0 Å². The van der Waals surface area contributed by atoms with Crippen LogP contribution in [0.5, 0.6) is 0 Å². The summed E-state index contributed by atoms with van der Waals surface area (Å²) in [6.07, 6.45) is 3.94. The minimum absolute atomic E-state index is 0.162. The molecule has 0 spiro atoms. The van der Waals surface area contributed by atoms with E-state index < -0.39 is 0 Å². The molecule has 150 valence electrons. The predicted octanol–water partition coefficient (Wildman–Crippen LogP) is 1.33. The number of amides is 1. The topological polar surface area (TPSA) is 85.8 Å². The van der Waals surface area contributed by atoms with Gasteiger partial charge < -0.3 is 20.4 Å². The Morgan fingerprint density at radius 3 is 2.64 bits per heavy atom. The number of carbonyl (C=O) groups is 1. The zero-order chi connectivity index (χ0) is 19.6. The molecule has 1 saturated heterocycles. The van der Waals surface area contributed by atoms with Crippen molar-refractivity contribution in [2.24, 2.45) is 4.99 Å². The average molecular weight is 402 g/mol. The molecule has 9 heteroatoms. The molecule has 28 heavy (non-hydrogen) atoms. The molecule has 2 aromatic heterocycles. The number of carbonyl (C=O) groups excluding carboxylic acids is 1. The molecule has 3 heterocycles. The maximum Gasteiger partial charge on any atom is 0.225 e. The van der Waals surface area contributed by atoms with E-state index in [1.807, 2.05) is 29.3 Å².